The largest absolute Gasteiger partial charge is 0.496 e. The molecule has 1 unspecified atom stereocenters. The predicted octanol–water partition coefficient (Wildman–Crippen LogP) is 2.56. The Morgan fingerprint density at radius 2 is 2.00 bits per heavy atom. The maximum Gasteiger partial charge on any atom is 0.122 e. The van der Waals surface area contributed by atoms with E-state index in [2.05, 4.69) is 36.3 Å². The number of para-hydroxylation sites is 1. The van der Waals surface area contributed by atoms with E-state index in [4.69, 9.17) is 4.74 Å². The van der Waals surface area contributed by atoms with Crippen molar-refractivity contribution in [3.05, 3.63) is 29.8 Å². The standard InChI is InChI=1S/C17H28N2O/c1-14(15-9-12-19(2)13-10-15)18-11-8-16-6-4-5-7-17(16)20-3/h4-7,14-15,18H,8-13H2,1-3H3. The topological polar surface area (TPSA) is 24.5 Å². The number of nitrogens with zero attached hydrogens (tertiary/aromatic N) is 1. The van der Waals surface area contributed by atoms with E-state index in [1.54, 1.807) is 7.11 Å². The van der Waals surface area contributed by atoms with Crippen LogP contribution in [0.15, 0.2) is 24.3 Å². The molecular weight excluding hydrogens is 248 g/mol. The van der Waals surface area contributed by atoms with Crippen LogP contribution < -0.4 is 10.1 Å². The first-order valence-corrected chi connectivity index (χ1v) is 7.74. The number of piperidine rings is 1. The summed E-state index contributed by atoms with van der Waals surface area (Å²) in [5.41, 5.74) is 1.29. The maximum atomic E-state index is 5.40. The zero-order valence-corrected chi connectivity index (χ0v) is 13.1. The predicted molar refractivity (Wildman–Crippen MR) is 84.4 cm³/mol. The third-order valence-electron chi connectivity index (χ3n) is 4.52. The minimum absolute atomic E-state index is 0.610. The highest BCUT2D eigenvalue weighted by Gasteiger charge is 2.21. The Morgan fingerprint density at radius 1 is 1.30 bits per heavy atom. The molecule has 0 amide bonds. The SMILES string of the molecule is COc1ccccc1CCNC(C)C1CCN(C)CC1. The first kappa shape index (κ1) is 15.3. The Kier molecular flexibility index (Phi) is 5.86. The minimum Gasteiger partial charge on any atom is -0.496 e. The van der Waals surface area contributed by atoms with Gasteiger partial charge in [0.1, 0.15) is 5.75 Å². The molecule has 1 aliphatic rings. The van der Waals surface area contributed by atoms with E-state index in [1.807, 2.05) is 12.1 Å². The van der Waals surface area contributed by atoms with Gasteiger partial charge in [0.15, 0.2) is 0 Å². The normalized spacial score (nSPS) is 18.9. The van der Waals surface area contributed by atoms with E-state index in [0.29, 0.717) is 6.04 Å². The molecule has 1 aromatic rings. The summed E-state index contributed by atoms with van der Waals surface area (Å²) >= 11 is 0. The zero-order valence-electron chi connectivity index (χ0n) is 13.1. The van der Waals surface area contributed by atoms with E-state index in [1.165, 1.54) is 31.5 Å². The summed E-state index contributed by atoms with van der Waals surface area (Å²) in [5, 5.41) is 3.69. The van der Waals surface area contributed by atoms with E-state index in [-0.39, 0.29) is 0 Å². The maximum absolute atomic E-state index is 5.40. The van der Waals surface area contributed by atoms with Crippen LogP contribution in [0, 0.1) is 5.92 Å². The molecule has 3 heteroatoms. The highest BCUT2D eigenvalue weighted by atomic mass is 16.5. The molecule has 1 saturated heterocycles. The lowest BCUT2D eigenvalue weighted by Gasteiger charge is -2.33. The fraction of sp³-hybridized carbons (Fsp3) is 0.647. The lowest BCUT2D eigenvalue weighted by Crippen LogP contribution is -2.41. The van der Waals surface area contributed by atoms with Crippen molar-refractivity contribution in [1.82, 2.24) is 10.2 Å². The number of benzene rings is 1. The van der Waals surface area contributed by atoms with Gasteiger partial charge in [-0.3, -0.25) is 0 Å². The first-order chi connectivity index (χ1) is 9.70. The minimum atomic E-state index is 0.610. The van der Waals surface area contributed by atoms with Gasteiger partial charge in [-0.1, -0.05) is 18.2 Å². The highest BCUT2D eigenvalue weighted by Crippen LogP contribution is 2.20. The van der Waals surface area contributed by atoms with Gasteiger partial charge in [-0.2, -0.15) is 0 Å². The number of rotatable bonds is 6. The Morgan fingerprint density at radius 3 is 2.70 bits per heavy atom. The average Bonchev–Trinajstić information content (AvgIpc) is 2.48. The molecule has 112 valence electrons. The molecule has 1 atom stereocenters. The molecule has 1 N–H and O–H groups in total. The lowest BCUT2D eigenvalue weighted by molar-refractivity contribution is 0.190. The van der Waals surface area contributed by atoms with Crippen LogP contribution in [0.4, 0.5) is 0 Å². The molecule has 0 aromatic heterocycles. The van der Waals surface area contributed by atoms with Crippen LogP contribution in [-0.4, -0.2) is 44.7 Å². The number of methoxy groups -OCH3 is 1. The smallest absolute Gasteiger partial charge is 0.122 e. The van der Waals surface area contributed by atoms with Gasteiger partial charge in [-0.15, -0.1) is 0 Å². The zero-order chi connectivity index (χ0) is 14.4. The summed E-state index contributed by atoms with van der Waals surface area (Å²) < 4.78 is 5.40. The van der Waals surface area contributed by atoms with E-state index < -0.39 is 0 Å². The second-order valence-electron chi connectivity index (χ2n) is 5.95. The molecule has 1 aromatic carbocycles. The quantitative estimate of drug-likeness (QED) is 0.864. The summed E-state index contributed by atoms with van der Waals surface area (Å²) in [5.74, 6) is 1.82. The fourth-order valence-corrected chi connectivity index (χ4v) is 3.04. The molecule has 1 aliphatic heterocycles. The van der Waals surface area contributed by atoms with Crippen molar-refractivity contribution >= 4 is 0 Å². The molecule has 0 bridgehead atoms. The molecule has 0 saturated carbocycles. The summed E-state index contributed by atoms with van der Waals surface area (Å²) in [4.78, 5) is 2.43. The third kappa shape index (κ3) is 4.22. The van der Waals surface area contributed by atoms with Gasteiger partial charge < -0.3 is 15.0 Å². The van der Waals surface area contributed by atoms with Crippen LogP contribution in [0.2, 0.25) is 0 Å². The van der Waals surface area contributed by atoms with Crippen LogP contribution in [0.3, 0.4) is 0 Å². The number of hydrogen-bond acceptors (Lipinski definition) is 3. The van der Waals surface area contributed by atoms with Gasteiger partial charge in [0.05, 0.1) is 7.11 Å². The molecule has 1 fully saturated rings. The lowest BCUT2D eigenvalue weighted by atomic mass is 9.90. The van der Waals surface area contributed by atoms with Gasteiger partial charge in [-0.05, 0) is 70.4 Å². The van der Waals surface area contributed by atoms with Gasteiger partial charge >= 0.3 is 0 Å². The number of ether oxygens (including phenoxy) is 1. The Bertz CT molecular complexity index is 400. The monoisotopic (exact) mass is 276 g/mol. The summed E-state index contributed by atoms with van der Waals surface area (Å²) in [7, 11) is 3.96. The number of nitrogens with one attached hydrogen (secondary N) is 1. The van der Waals surface area contributed by atoms with Crippen molar-refractivity contribution < 1.29 is 4.74 Å². The van der Waals surface area contributed by atoms with Crippen LogP contribution in [0.5, 0.6) is 5.75 Å². The average molecular weight is 276 g/mol. The van der Waals surface area contributed by atoms with Crippen LogP contribution in [0.25, 0.3) is 0 Å². The molecule has 0 radical (unpaired) electrons. The van der Waals surface area contributed by atoms with E-state index in [0.717, 1.165) is 24.6 Å². The molecule has 1 heterocycles. The first-order valence-electron chi connectivity index (χ1n) is 7.74. The van der Waals surface area contributed by atoms with Crippen molar-refractivity contribution in [2.45, 2.75) is 32.2 Å². The molecule has 2 rings (SSSR count). The molecule has 3 nitrogen and oxygen atoms in total. The van der Waals surface area contributed by atoms with E-state index >= 15 is 0 Å². The van der Waals surface area contributed by atoms with Gasteiger partial charge in [-0.25, -0.2) is 0 Å². The van der Waals surface area contributed by atoms with Gasteiger partial charge in [0.25, 0.3) is 0 Å². The molecule has 0 spiro atoms. The summed E-state index contributed by atoms with van der Waals surface area (Å²) in [6.45, 7) is 5.83. The second kappa shape index (κ2) is 7.65. The van der Waals surface area contributed by atoms with Crippen LogP contribution in [0.1, 0.15) is 25.3 Å². The summed E-state index contributed by atoms with van der Waals surface area (Å²) in [6, 6.07) is 8.91. The van der Waals surface area contributed by atoms with Crippen LogP contribution in [-0.2, 0) is 6.42 Å². The third-order valence-corrected chi connectivity index (χ3v) is 4.52. The van der Waals surface area contributed by atoms with Crippen molar-refractivity contribution in [3.63, 3.8) is 0 Å². The second-order valence-corrected chi connectivity index (χ2v) is 5.95. The Balaban J connectivity index is 1.75. The van der Waals surface area contributed by atoms with Crippen molar-refractivity contribution in [3.8, 4) is 5.75 Å². The Labute approximate surface area is 123 Å². The number of hydrogen-bond donors (Lipinski definition) is 1. The molecular formula is C17H28N2O. The number of likely N-dealkylation sites (tertiary alicyclic amines) is 1. The van der Waals surface area contributed by atoms with Crippen molar-refractivity contribution in [1.29, 1.82) is 0 Å². The summed E-state index contributed by atoms with van der Waals surface area (Å²) in [6.07, 6.45) is 3.67. The van der Waals surface area contributed by atoms with Crippen molar-refractivity contribution in [2.75, 3.05) is 33.8 Å². The van der Waals surface area contributed by atoms with Gasteiger partial charge in [0, 0.05) is 6.04 Å². The van der Waals surface area contributed by atoms with Crippen LogP contribution >= 0.6 is 0 Å². The molecule has 0 aliphatic carbocycles. The fourth-order valence-electron chi connectivity index (χ4n) is 3.04. The van der Waals surface area contributed by atoms with Gasteiger partial charge in [0.2, 0.25) is 0 Å². The molecule has 20 heavy (non-hydrogen) atoms. The highest BCUT2D eigenvalue weighted by molar-refractivity contribution is 5.33. The van der Waals surface area contributed by atoms with Crippen molar-refractivity contribution in [2.24, 2.45) is 5.92 Å². The van der Waals surface area contributed by atoms with E-state index in [9.17, 15) is 0 Å². The Hall–Kier alpha value is -1.06.